The van der Waals surface area contributed by atoms with Crippen LogP contribution in [0.1, 0.15) is 79.1 Å². The van der Waals surface area contributed by atoms with Crippen LogP contribution in [-0.4, -0.2) is 126 Å². The van der Waals surface area contributed by atoms with Crippen molar-refractivity contribution in [3.05, 3.63) is 11.6 Å². The van der Waals surface area contributed by atoms with Crippen LogP contribution in [0.5, 0.6) is 0 Å². The van der Waals surface area contributed by atoms with Crippen LogP contribution in [0.4, 0.5) is 0 Å². The van der Waals surface area contributed by atoms with Crippen molar-refractivity contribution in [1.29, 1.82) is 0 Å². The fourth-order valence-electron chi connectivity index (χ4n) is 10.8. The maximum atomic E-state index is 11.2. The van der Waals surface area contributed by atoms with Crippen LogP contribution in [0, 0.1) is 34.5 Å². The van der Waals surface area contributed by atoms with Gasteiger partial charge >= 0.3 is 0 Å². The Bertz CT molecular complexity index is 1310. The molecule has 15 heteroatoms. The van der Waals surface area contributed by atoms with Gasteiger partial charge in [0.15, 0.2) is 12.6 Å². The topological polar surface area (TPSA) is 214 Å². The van der Waals surface area contributed by atoms with Gasteiger partial charge in [-0.25, -0.2) is 8.42 Å². The molecule has 6 aliphatic rings. The van der Waals surface area contributed by atoms with Crippen molar-refractivity contribution in [2.24, 2.45) is 34.5 Å². The van der Waals surface area contributed by atoms with Crippen LogP contribution in [0.3, 0.4) is 0 Å². The minimum atomic E-state index is -5.09. The Balaban J connectivity index is 1.16. The Morgan fingerprint density at radius 1 is 0.980 bits per heavy atom. The minimum Gasteiger partial charge on any atom is -0.726 e. The standard InChI is InChI=1S/C34H56O14S/c1-16(35)27-23(47-32-31(39)30(38)29(37)25(48-32)15-44-49(40,41)42)13-22-20-7-6-18-12-19(46-26-14-24(43-5)28(36)17(2)45-26)8-10-33(18,3)21(20)9-11-34(22,27)4/h6,16-17,19-32,35-39H,7-15H2,1-5H3,(H,40,41,42)/p-1/t16-,17+,19-,20+,21-,22-,23+,24+,25+,26-,27-,28+,29+,30-,31+,32+,33-,34-/m0/s1. The van der Waals surface area contributed by atoms with E-state index in [1.807, 2.05) is 6.92 Å². The largest absolute Gasteiger partial charge is 0.726 e. The summed E-state index contributed by atoms with van der Waals surface area (Å²) in [6.07, 6.45) is -2.26. The first kappa shape index (κ1) is 38.0. The number of ether oxygens (including phenoxy) is 5. The first-order valence-corrected chi connectivity index (χ1v) is 19.1. The highest BCUT2D eigenvalue weighted by Gasteiger charge is 2.63. The van der Waals surface area contributed by atoms with Crippen LogP contribution in [0.15, 0.2) is 11.6 Å². The Morgan fingerprint density at radius 3 is 2.39 bits per heavy atom. The van der Waals surface area contributed by atoms with Gasteiger partial charge in [-0.1, -0.05) is 25.5 Å². The molecular weight excluding hydrogens is 664 g/mol. The lowest BCUT2D eigenvalue weighted by molar-refractivity contribution is -0.315. The summed E-state index contributed by atoms with van der Waals surface area (Å²) in [5, 5.41) is 53.2. The summed E-state index contributed by atoms with van der Waals surface area (Å²) in [7, 11) is -3.50. The summed E-state index contributed by atoms with van der Waals surface area (Å²) in [5.74, 6) is 0.627. The molecule has 282 valence electrons. The highest BCUT2D eigenvalue weighted by molar-refractivity contribution is 7.80. The van der Waals surface area contributed by atoms with E-state index in [4.69, 9.17) is 23.7 Å². The molecule has 0 radical (unpaired) electrons. The predicted molar refractivity (Wildman–Crippen MR) is 170 cm³/mol. The summed E-state index contributed by atoms with van der Waals surface area (Å²) in [6, 6.07) is 0. The number of hydrogen-bond donors (Lipinski definition) is 5. The summed E-state index contributed by atoms with van der Waals surface area (Å²) in [6.45, 7) is 7.31. The molecule has 2 heterocycles. The molecule has 0 aromatic rings. The van der Waals surface area contributed by atoms with Crippen molar-refractivity contribution in [1.82, 2.24) is 0 Å². The number of hydrogen-bond acceptors (Lipinski definition) is 14. The Hall–Kier alpha value is -0.790. The zero-order valence-electron chi connectivity index (χ0n) is 29.0. The van der Waals surface area contributed by atoms with E-state index < -0.39 is 72.3 Å². The Morgan fingerprint density at radius 2 is 1.71 bits per heavy atom. The number of methoxy groups -OCH3 is 1. The van der Waals surface area contributed by atoms with Gasteiger partial charge in [0.1, 0.15) is 30.5 Å². The summed E-state index contributed by atoms with van der Waals surface area (Å²) < 4.78 is 67.4. The molecule has 18 atom stereocenters. The van der Waals surface area contributed by atoms with E-state index in [9.17, 15) is 38.5 Å². The molecule has 49 heavy (non-hydrogen) atoms. The van der Waals surface area contributed by atoms with Crippen molar-refractivity contribution in [3.63, 3.8) is 0 Å². The van der Waals surface area contributed by atoms with Crippen molar-refractivity contribution in [2.75, 3.05) is 13.7 Å². The van der Waals surface area contributed by atoms with E-state index in [1.165, 1.54) is 5.57 Å². The summed E-state index contributed by atoms with van der Waals surface area (Å²) in [4.78, 5) is 0. The van der Waals surface area contributed by atoms with Crippen LogP contribution in [0.25, 0.3) is 0 Å². The number of fused-ring (bicyclic) bond motifs is 5. The Kier molecular flexibility index (Phi) is 11.0. The minimum absolute atomic E-state index is 0.00655. The first-order chi connectivity index (χ1) is 23.0. The van der Waals surface area contributed by atoms with Gasteiger partial charge in [0.25, 0.3) is 0 Å². The molecule has 2 aliphatic heterocycles. The van der Waals surface area contributed by atoms with E-state index in [0.717, 1.165) is 38.5 Å². The molecule has 6 rings (SSSR count). The molecule has 0 aromatic heterocycles. The van der Waals surface area contributed by atoms with Gasteiger partial charge in [0.05, 0.1) is 37.1 Å². The molecule has 0 spiro atoms. The molecule has 3 saturated carbocycles. The summed E-state index contributed by atoms with van der Waals surface area (Å²) in [5.41, 5.74) is 1.13. The van der Waals surface area contributed by atoms with Crippen molar-refractivity contribution < 1.29 is 66.4 Å². The Labute approximate surface area is 289 Å². The second-order valence-corrected chi connectivity index (χ2v) is 17.0. The van der Waals surface area contributed by atoms with Gasteiger partial charge < -0.3 is 53.8 Å². The molecule has 0 unspecified atom stereocenters. The number of aliphatic hydroxyl groups is 5. The third-order valence-corrected chi connectivity index (χ3v) is 13.7. The normalized spacial score (nSPS) is 50.9. The van der Waals surface area contributed by atoms with Crippen molar-refractivity contribution in [2.45, 2.75) is 153 Å². The lowest BCUT2D eigenvalue weighted by Crippen LogP contribution is -2.60. The van der Waals surface area contributed by atoms with E-state index in [1.54, 1.807) is 14.0 Å². The van der Waals surface area contributed by atoms with Gasteiger partial charge in [-0.2, -0.15) is 0 Å². The predicted octanol–water partition coefficient (Wildman–Crippen LogP) is 1.12. The maximum Gasteiger partial charge on any atom is 0.217 e. The molecule has 5 N–H and O–H groups in total. The number of rotatable bonds is 9. The van der Waals surface area contributed by atoms with Crippen LogP contribution in [0.2, 0.25) is 0 Å². The van der Waals surface area contributed by atoms with E-state index in [0.29, 0.717) is 24.7 Å². The molecule has 0 amide bonds. The third-order valence-electron chi connectivity index (χ3n) is 13.3. The maximum absolute atomic E-state index is 11.2. The van der Waals surface area contributed by atoms with Gasteiger partial charge in [0.2, 0.25) is 10.4 Å². The van der Waals surface area contributed by atoms with E-state index >= 15 is 0 Å². The number of aliphatic hydroxyl groups excluding tert-OH is 5. The second kappa shape index (κ2) is 14.2. The quantitative estimate of drug-likeness (QED) is 0.128. The lowest BCUT2D eigenvalue weighted by atomic mass is 9.47. The molecule has 2 saturated heterocycles. The molecule has 5 fully saturated rings. The average molecular weight is 720 g/mol. The first-order valence-electron chi connectivity index (χ1n) is 17.8. The molecule has 4 aliphatic carbocycles. The van der Waals surface area contributed by atoms with Crippen LogP contribution in [-0.2, 0) is 38.3 Å². The third kappa shape index (κ3) is 7.15. The molecular formula is C34H55O14S-. The van der Waals surface area contributed by atoms with Gasteiger partial charge in [-0.05, 0) is 87.4 Å². The second-order valence-electron chi connectivity index (χ2n) is 16.0. The van der Waals surface area contributed by atoms with Crippen molar-refractivity contribution in [3.8, 4) is 0 Å². The SMILES string of the molecule is CO[C@@H]1C[C@H](O[C@H]2CC[C@@]3(C)C(=CC[C@H]4[C@@H]5C[C@@H](O[C@@H]6O[C@H](COS(=O)(=O)[O-])[C@@H](O)[C@H](O)[C@H]6O)[C@H]([C@H](C)O)[C@@]5(C)CC[C@@H]43)C2)O[C@H](C)[C@H]1O. The fraction of sp³-hybridized carbons (Fsp3) is 0.941. The zero-order valence-corrected chi connectivity index (χ0v) is 29.8. The van der Waals surface area contributed by atoms with Gasteiger partial charge in [-0.3, -0.25) is 4.18 Å². The smallest absolute Gasteiger partial charge is 0.217 e. The highest BCUT2D eigenvalue weighted by atomic mass is 32.3. The molecule has 14 nitrogen and oxygen atoms in total. The molecule has 0 bridgehead atoms. The van der Waals surface area contributed by atoms with E-state index in [2.05, 4.69) is 24.1 Å². The monoisotopic (exact) mass is 719 g/mol. The van der Waals surface area contributed by atoms with Gasteiger partial charge in [0, 0.05) is 19.4 Å². The average Bonchev–Trinajstić information content (AvgIpc) is 3.34. The van der Waals surface area contributed by atoms with Crippen LogP contribution >= 0.6 is 0 Å². The fourth-order valence-corrected chi connectivity index (χ4v) is 11.1. The number of allylic oxidation sites excluding steroid dienone is 1. The van der Waals surface area contributed by atoms with Crippen molar-refractivity contribution >= 4 is 10.4 Å². The van der Waals surface area contributed by atoms with E-state index in [-0.39, 0.29) is 41.0 Å². The zero-order chi connectivity index (χ0) is 35.6. The van der Waals surface area contributed by atoms with Gasteiger partial charge in [-0.15, -0.1) is 0 Å². The van der Waals surface area contributed by atoms with Crippen LogP contribution < -0.4 is 0 Å². The highest BCUT2D eigenvalue weighted by Crippen LogP contribution is 2.67. The lowest BCUT2D eigenvalue weighted by Gasteiger charge is -2.58. The summed E-state index contributed by atoms with van der Waals surface area (Å²) >= 11 is 0. The molecule has 0 aromatic carbocycles.